The second-order valence-corrected chi connectivity index (χ2v) is 6.30. The van der Waals surface area contributed by atoms with Crippen molar-refractivity contribution in [1.82, 2.24) is 5.32 Å². The molecule has 98 valence electrons. The Morgan fingerprint density at radius 1 is 1.61 bits per heavy atom. The van der Waals surface area contributed by atoms with Crippen LogP contribution in [-0.2, 0) is 0 Å². The van der Waals surface area contributed by atoms with Crippen LogP contribution in [0.4, 0.5) is 10.1 Å². The fourth-order valence-electron chi connectivity index (χ4n) is 1.82. The van der Waals surface area contributed by atoms with Crippen LogP contribution in [0.15, 0.2) is 16.6 Å². The highest BCUT2D eigenvalue weighted by Gasteiger charge is 2.18. The van der Waals surface area contributed by atoms with Crippen LogP contribution >= 0.6 is 27.7 Å². The van der Waals surface area contributed by atoms with E-state index in [9.17, 15) is 9.18 Å². The lowest BCUT2D eigenvalue weighted by Crippen LogP contribution is -2.29. The van der Waals surface area contributed by atoms with Crippen LogP contribution in [0.3, 0.4) is 0 Å². The van der Waals surface area contributed by atoms with E-state index in [1.807, 2.05) is 11.8 Å². The molecule has 1 unspecified atom stereocenters. The van der Waals surface area contributed by atoms with E-state index >= 15 is 0 Å². The minimum absolute atomic E-state index is 0.0141. The van der Waals surface area contributed by atoms with Gasteiger partial charge in [0, 0.05) is 11.0 Å². The first kappa shape index (κ1) is 13.7. The maximum absolute atomic E-state index is 13.2. The molecule has 0 aromatic heterocycles. The highest BCUT2D eigenvalue weighted by atomic mass is 79.9. The number of hydrogen-bond acceptors (Lipinski definition) is 3. The highest BCUT2D eigenvalue weighted by molar-refractivity contribution is 9.10. The molecule has 1 amide bonds. The van der Waals surface area contributed by atoms with Crippen molar-refractivity contribution in [2.75, 3.05) is 23.8 Å². The number of thioether (sulfide) groups is 1. The summed E-state index contributed by atoms with van der Waals surface area (Å²) in [5, 5.41) is 2.87. The summed E-state index contributed by atoms with van der Waals surface area (Å²) >= 11 is 5.08. The number of nitrogens with one attached hydrogen (secondary N) is 1. The quantitative estimate of drug-likeness (QED) is 0.836. The number of nitrogen functional groups attached to an aromatic ring is 1. The lowest BCUT2D eigenvalue weighted by atomic mass is 10.1. The van der Waals surface area contributed by atoms with Crippen molar-refractivity contribution in [2.24, 2.45) is 5.92 Å². The average Bonchev–Trinajstić information content (AvgIpc) is 2.84. The van der Waals surface area contributed by atoms with E-state index in [1.165, 1.54) is 12.1 Å². The first-order chi connectivity index (χ1) is 8.58. The number of anilines is 1. The van der Waals surface area contributed by atoms with Crippen LogP contribution in [0.25, 0.3) is 0 Å². The molecule has 1 aliphatic heterocycles. The van der Waals surface area contributed by atoms with Crippen LogP contribution in [0, 0.1) is 11.7 Å². The molecule has 6 heteroatoms. The molecule has 0 aliphatic carbocycles. The summed E-state index contributed by atoms with van der Waals surface area (Å²) in [4.78, 5) is 12.0. The van der Waals surface area contributed by atoms with Gasteiger partial charge in [-0.15, -0.1) is 0 Å². The Kier molecular flexibility index (Phi) is 4.50. The van der Waals surface area contributed by atoms with Gasteiger partial charge in [-0.3, -0.25) is 4.79 Å². The molecular formula is C12H14BrFN2OS. The largest absolute Gasteiger partial charge is 0.396 e. The number of benzene rings is 1. The van der Waals surface area contributed by atoms with Gasteiger partial charge in [0.05, 0.1) is 11.3 Å². The Morgan fingerprint density at radius 3 is 3.06 bits per heavy atom. The molecule has 1 atom stereocenters. The summed E-state index contributed by atoms with van der Waals surface area (Å²) in [6.07, 6.45) is 1.14. The summed E-state index contributed by atoms with van der Waals surface area (Å²) in [7, 11) is 0. The zero-order valence-corrected chi connectivity index (χ0v) is 12.1. The maximum Gasteiger partial charge on any atom is 0.252 e. The van der Waals surface area contributed by atoms with E-state index in [4.69, 9.17) is 5.73 Å². The van der Waals surface area contributed by atoms with E-state index < -0.39 is 5.82 Å². The fraction of sp³-hybridized carbons (Fsp3) is 0.417. The lowest BCUT2D eigenvalue weighted by molar-refractivity contribution is 0.0947. The Balaban J connectivity index is 2.01. The molecular weight excluding hydrogens is 319 g/mol. The van der Waals surface area contributed by atoms with E-state index in [-0.39, 0.29) is 11.6 Å². The first-order valence-electron chi connectivity index (χ1n) is 5.68. The Morgan fingerprint density at radius 2 is 2.39 bits per heavy atom. The normalized spacial score (nSPS) is 18.9. The summed E-state index contributed by atoms with van der Waals surface area (Å²) in [6.45, 7) is 0.662. The molecule has 1 aromatic carbocycles. The van der Waals surface area contributed by atoms with Crippen LogP contribution in [-0.4, -0.2) is 24.0 Å². The number of rotatable bonds is 3. The molecule has 0 radical (unpaired) electrons. The standard InChI is InChI=1S/C12H14BrFN2OS/c13-9-4-10(14)11(15)3-8(9)12(17)16-5-7-1-2-18-6-7/h3-4,7H,1-2,5-6,15H2,(H,16,17). The molecule has 1 aliphatic rings. The fourth-order valence-corrected chi connectivity index (χ4v) is 3.60. The number of hydrogen-bond donors (Lipinski definition) is 2. The van der Waals surface area contributed by atoms with Gasteiger partial charge < -0.3 is 11.1 Å². The zero-order chi connectivity index (χ0) is 13.1. The molecule has 1 heterocycles. The van der Waals surface area contributed by atoms with Crippen LogP contribution in [0.1, 0.15) is 16.8 Å². The lowest BCUT2D eigenvalue weighted by Gasteiger charge is -2.11. The Bertz CT molecular complexity index is 464. The second-order valence-electron chi connectivity index (χ2n) is 4.29. The monoisotopic (exact) mass is 332 g/mol. The van der Waals surface area contributed by atoms with E-state index in [0.717, 1.165) is 17.9 Å². The Hall–Kier alpha value is -0.750. The second kappa shape index (κ2) is 5.93. The van der Waals surface area contributed by atoms with Crippen molar-refractivity contribution in [3.05, 3.63) is 28.0 Å². The number of nitrogens with two attached hydrogens (primary N) is 1. The molecule has 0 bridgehead atoms. The SMILES string of the molecule is Nc1cc(C(=O)NCC2CCSC2)c(Br)cc1F. The number of carbonyl (C=O) groups is 1. The molecule has 3 N–H and O–H groups in total. The summed E-state index contributed by atoms with van der Waals surface area (Å²) in [5.41, 5.74) is 5.83. The van der Waals surface area contributed by atoms with E-state index in [2.05, 4.69) is 21.2 Å². The summed E-state index contributed by atoms with van der Waals surface area (Å²) in [5.74, 6) is 2.05. The van der Waals surface area contributed by atoms with Crippen LogP contribution < -0.4 is 11.1 Å². The van der Waals surface area contributed by atoms with Crippen molar-refractivity contribution in [2.45, 2.75) is 6.42 Å². The third kappa shape index (κ3) is 3.17. The predicted molar refractivity (Wildman–Crippen MR) is 76.3 cm³/mol. The van der Waals surface area contributed by atoms with Crippen molar-refractivity contribution < 1.29 is 9.18 Å². The van der Waals surface area contributed by atoms with Gasteiger partial charge >= 0.3 is 0 Å². The maximum atomic E-state index is 13.2. The van der Waals surface area contributed by atoms with Gasteiger partial charge in [0.25, 0.3) is 5.91 Å². The third-order valence-corrected chi connectivity index (χ3v) is 4.79. The number of carbonyl (C=O) groups excluding carboxylic acids is 1. The molecule has 3 nitrogen and oxygen atoms in total. The van der Waals surface area contributed by atoms with E-state index in [0.29, 0.717) is 22.5 Å². The molecule has 0 saturated carbocycles. The first-order valence-corrected chi connectivity index (χ1v) is 7.63. The minimum Gasteiger partial charge on any atom is -0.396 e. The van der Waals surface area contributed by atoms with Gasteiger partial charge in [0.1, 0.15) is 5.82 Å². The summed E-state index contributed by atoms with van der Waals surface area (Å²) in [6, 6.07) is 2.58. The van der Waals surface area contributed by atoms with Crippen molar-refractivity contribution in [3.63, 3.8) is 0 Å². The number of amides is 1. The van der Waals surface area contributed by atoms with E-state index in [1.54, 1.807) is 0 Å². The van der Waals surface area contributed by atoms with Gasteiger partial charge in [-0.05, 0) is 51.9 Å². The summed E-state index contributed by atoms with van der Waals surface area (Å²) < 4.78 is 13.6. The van der Waals surface area contributed by atoms with Gasteiger partial charge in [-0.1, -0.05) is 0 Å². The van der Waals surface area contributed by atoms with Gasteiger partial charge in [-0.2, -0.15) is 11.8 Å². The average molecular weight is 333 g/mol. The molecule has 1 aromatic rings. The van der Waals surface area contributed by atoms with Gasteiger partial charge in [-0.25, -0.2) is 4.39 Å². The minimum atomic E-state index is -0.523. The van der Waals surface area contributed by atoms with Gasteiger partial charge in [0.2, 0.25) is 0 Å². The number of halogens is 2. The molecule has 1 fully saturated rings. The third-order valence-electron chi connectivity index (χ3n) is 2.91. The topological polar surface area (TPSA) is 55.1 Å². The molecule has 1 saturated heterocycles. The molecule has 2 rings (SSSR count). The Labute approximate surface area is 118 Å². The highest BCUT2D eigenvalue weighted by Crippen LogP contribution is 2.24. The van der Waals surface area contributed by atoms with Crippen molar-refractivity contribution >= 4 is 39.3 Å². The van der Waals surface area contributed by atoms with Gasteiger partial charge in [0.15, 0.2) is 0 Å². The van der Waals surface area contributed by atoms with Crippen LogP contribution in [0.5, 0.6) is 0 Å². The van der Waals surface area contributed by atoms with Crippen molar-refractivity contribution in [3.8, 4) is 0 Å². The van der Waals surface area contributed by atoms with Crippen LogP contribution in [0.2, 0.25) is 0 Å². The zero-order valence-electron chi connectivity index (χ0n) is 9.71. The predicted octanol–water partition coefficient (Wildman–Crippen LogP) is 2.65. The smallest absolute Gasteiger partial charge is 0.252 e. The molecule has 0 spiro atoms. The van der Waals surface area contributed by atoms with Crippen molar-refractivity contribution in [1.29, 1.82) is 0 Å². The molecule has 18 heavy (non-hydrogen) atoms.